The van der Waals surface area contributed by atoms with Crippen molar-refractivity contribution in [1.82, 2.24) is 10.2 Å². The van der Waals surface area contributed by atoms with Crippen LogP contribution in [0, 0.1) is 51.2 Å². The van der Waals surface area contributed by atoms with E-state index < -0.39 is 9.84 Å². The van der Waals surface area contributed by atoms with Gasteiger partial charge in [-0.25, -0.2) is 8.42 Å². The molecule has 6 nitrogen and oxygen atoms in total. The molecule has 1 N–H and O–H groups in total. The molecule has 0 aromatic heterocycles. The fourth-order valence-electron chi connectivity index (χ4n) is 14.5. The van der Waals surface area contributed by atoms with Crippen LogP contribution in [0.4, 0.5) is 0 Å². The summed E-state index contributed by atoms with van der Waals surface area (Å²) in [6, 6.07) is 0. The van der Waals surface area contributed by atoms with Gasteiger partial charge in [0.05, 0.1) is 11.5 Å². The Balaban J connectivity index is 1.13. The third kappa shape index (κ3) is 5.67. The van der Waals surface area contributed by atoms with Crippen molar-refractivity contribution in [3.63, 3.8) is 0 Å². The van der Waals surface area contributed by atoms with E-state index in [1.165, 1.54) is 68.9 Å². The third-order valence-electron chi connectivity index (χ3n) is 17.4. The van der Waals surface area contributed by atoms with E-state index in [1.54, 1.807) is 5.57 Å². The minimum atomic E-state index is -2.85. The molecule has 50 heavy (non-hydrogen) atoms. The summed E-state index contributed by atoms with van der Waals surface area (Å²) in [6.07, 6.45) is 19.3. The van der Waals surface area contributed by atoms with Crippen molar-refractivity contribution in [2.45, 2.75) is 137 Å². The molecule has 0 aromatic rings. The number of ether oxygens (including phenoxy) is 1. The first-order valence-electron chi connectivity index (χ1n) is 20.3. The quantitative estimate of drug-likeness (QED) is 0.202. The number of allylic oxidation sites excluding steroid dienone is 4. The van der Waals surface area contributed by atoms with Crippen molar-refractivity contribution in [3.8, 4) is 0 Å². The van der Waals surface area contributed by atoms with Crippen molar-refractivity contribution in [2.24, 2.45) is 51.2 Å². The maximum absolute atomic E-state index is 12.0. The molecule has 0 amide bonds. The highest BCUT2D eigenvalue weighted by atomic mass is 32.2. The number of fused-ring (bicyclic) bond motifs is 7. The van der Waals surface area contributed by atoms with Crippen LogP contribution in [0.3, 0.4) is 0 Å². The number of sulfone groups is 1. The van der Waals surface area contributed by atoms with Crippen LogP contribution in [0.2, 0.25) is 0 Å². The number of hydrogen-bond acceptors (Lipinski definition) is 6. The smallest absolute Gasteiger partial charge is 0.293 e. The number of nitrogens with one attached hydrogen (secondary N) is 1. The SMILES string of the molecule is C=C(C)[C@@H]1CC[C@]2(NCCN3CCS(=O)(=O)CC3)CC[C@]3(C)[C@H](CC[C@@H]4[C@@]5(C)CC=C(C6=CCC(C)(OC=O)CC6)C(C)(C)[C@@H]5CC[C@]43C)[C@@H]12. The fraction of sp³-hybridized carbons (Fsp3) is 0.837. The first kappa shape index (κ1) is 36.9. The number of nitrogens with zero attached hydrogens (tertiary/aromatic N) is 1. The molecule has 1 heterocycles. The number of carbonyl (C=O) groups is 1. The first-order chi connectivity index (χ1) is 23.4. The Hall–Kier alpha value is -1.44. The lowest BCUT2D eigenvalue weighted by molar-refractivity contribution is -0.221. The number of carbonyl (C=O) groups excluding carboxylic acids is 1. The lowest BCUT2D eigenvalue weighted by atomic mass is 9.33. The van der Waals surface area contributed by atoms with Gasteiger partial charge in [0.1, 0.15) is 5.60 Å². The number of rotatable bonds is 8. The van der Waals surface area contributed by atoms with E-state index in [-0.39, 0.29) is 22.0 Å². The van der Waals surface area contributed by atoms with Gasteiger partial charge >= 0.3 is 0 Å². The van der Waals surface area contributed by atoms with Crippen molar-refractivity contribution >= 4 is 16.3 Å². The van der Waals surface area contributed by atoms with Crippen LogP contribution in [-0.4, -0.2) is 68.6 Å². The second kappa shape index (κ2) is 12.6. The molecule has 1 unspecified atom stereocenters. The maximum atomic E-state index is 12.0. The average Bonchev–Trinajstić information content (AvgIpc) is 3.43. The zero-order chi connectivity index (χ0) is 36.0. The minimum Gasteiger partial charge on any atom is -0.461 e. The predicted molar refractivity (Wildman–Crippen MR) is 203 cm³/mol. The van der Waals surface area contributed by atoms with E-state index in [0.717, 1.165) is 38.3 Å². The third-order valence-corrected chi connectivity index (χ3v) is 19.0. The maximum Gasteiger partial charge on any atom is 0.293 e. The molecule has 7 heteroatoms. The molecule has 4 saturated carbocycles. The summed E-state index contributed by atoms with van der Waals surface area (Å²) in [7, 11) is -2.85. The van der Waals surface area contributed by atoms with Crippen LogP contribution in [-0.2, 0) is 19.4 Å². The summed E-state index contributed by atoms with van der Waals surface area (Å²) in [4.78, 5) is 13.5. The van der Waals surface area contributed by atoms with Crippen molar-refractivity contribution in [3.05, 3.63) is 35.5 Å². The van der Waals surface area contributed by atoms with Gasteiger partial charge in [-0.15, -0.1) is 0 Å². The summed E-state index contributed by atoms with van der Waals surface area (Å²) in [5.41, 5.74) is 5.30. The summed E-state index contributed by atoms with van der Waals surface area (Å²) in [6.45, 7) is 26.1. The molecule has 280 valence electrons. The molecular weight excluding hydrogens is 641 g/mol. The zero-order valence-corrected chi connectivity index (χ0v) is 33.4. The summed E-state index contributed by atoms with van der Waals surface area (Å²) >= 11 is 0. The fourth-order valence-corrected chi connectivity index (χ4v) is 15.7. The van der Waals surface area contributed by atoms with Crippen LogP contribution >= 0.6 is 0 Å². The second-order valence-corrected chi connectivity index (χ2v) is 22.2. The second-order valence-electron chi connectivity index (χ2n) is 19.9. The van der Waals surface area contributed by atoms with Gasteiger partial charge in [-0.05, 0) is 147 Å². The topological polar surface area (TPSA) is 75.7 Å². The van der Waals surface area contributed by atoms with Gasteiger partial charge in [0.15, 0.2) is 9.84 Å². The average molecular weight is 709 g/mol. The Bertz CT molecular complexity index is 1530. The molecule has 7 aliphatic rings. The van der Waals surface area contributed by atoms with Crippen LogP contribution in [0.25, 0.3) is 0 Å². The molecule has 0 spiro atoms. The highest BCUT2D eigenvalue weighted by Crippen LogP contribution is 2.76. The van der Waals surface area contributed by atoms with Gasteiger partial charge in [-0.1, -0.05) is 58.9 Å². The van der Waals surface area contributed by atoms with Gasteiger partial charge in [-0.3, -0.25) is 4.79 Å². The Kier molecular flexibility index (Phi) is 9.28. The molecule has 7 rings (SSSR count). The molecular formula is C43H68N2O4S. The van der Waals surface area contributed by atoms with Gasteiger partial charge < -0.3 is 15.0 Å². The zero-order valence-electron chi connectivity index (χ0n) is 32.5. The largest absolute Gasteiger partial charge is 0.461 e. The summed E-state index contributed by atoms with van der Waals surface area (Å²) in [5.74, 6) is 3.91. The van der Waals surface area contributed by atoms with E-state index in [9.17, 15) is 13.2 Å². The summed E-state index contributed by atoms with van der Waals surface area (Å²) < 4.78 is 29.6. The van der Waals surface area contributed by atoms with E-state index in [2.05, 4.69) is 77.4 Å². The standard InChI is InChI=1S/C43H68N2O4S/c1-30(2)32-13-20-43(44-23-24-45-25-27-50(47,48)28-26-45)22-21-41(7)34(37(32)43)9-10-36-40(6)18-14-33(31-11-16-39(5,17-12-31)49-29-46)38(3,4)35(40)15-19-42(36,41)8/h11,14,29,32,34-37,44H,1,9-10,12-13,15-28H2,2-8H3/t32-,34+,35-,36+,37+,39?,40-,41+,42+,43-/m0/s1. The van der Waals surface area contributed by atoms with Gasteiger partial charge in [0, 0.05) is 38.1 Å². The Labute approximate surface area is 304 Å². The van der Waals surface area contributed by atoms with Gasteiger partial charge in [0.25, 0.3) is 6.47 Å². The van der Waals surface area contributed by atoms with E-state index in [0.29, 0.717) is 65.6 Å². The molecule has 0 aromatic carbocycles. The predicted octanol–water partition coefficient (Wildman–Crippen LogP) is 8.29. The number of hydrogen-bond donors (Lipinski definition) is 1. The summed E-state index contributed by atoms with van der Waals surface area (Å²) in [5, 5.41) is 4.23. The van der Waals surface area contributed by atoms with E-state index in [1.807, 2.05) is 0 Å². The molecule has 10 atom stereocenters. The molecule has 1 aliphatic heterocycles. The minimum absolute atomic E-state index is 0.123. The van der Waals surface area contributed by atoms with Crippen LogP contribution in [0.1, 0.15) is 126 Å². The Morgan fingerprint density at radius 2 is 1.66 bits per heavy atom. The molecule has 5 fully saturated rings. The monoisotopic (exact) mass is 708 g/mol. The van der Waals surface area contributed by atoms with Crippen molar-refractivity contribution in [1.29, 1.82) is 0 Å². The molecule has 0 bridgehead atoms. The van der Waals surface area contributed by atoms with Gasteiger partial charge in [-0.2, -0.15) is 0 Å². The van der Waals surface area contributed by atoms with Crippen LogP contribution in [0.5, 0.6) is 0 Å². The Morgan fingerprint density at radius 1 is 0.920 bits per heavy atom. The van der Waals surface area contributed by atoms with Crippen molar-refractivity contribution in [2.75, 3.05) is 37.7 Å². The van der Waals surface area contributed by atoms with Crippen LogP contribution in [0.15, 0.2) is 35.5 Å². The van der Waals surface area contributed by atoms with Crippen LogP contribution < -0.4 is 5.32 Å². The Morgan fingerprint density at radius 3 is 2.32 bits per heavy atom. The lowest BCUT2D eigenvalue weighted by Crippen LogP contribution is -2.68. The van der Waals surface area contributed by atoms with Crippen molar-refractivity contribution < 1.29 is 17.9 Å². The normalized spacial score (nSPS) is 46.7. The highest BCUT2D eigenvalue weighted by molar-refractivity contribution is 7.91. The highest BCUT2D eigenvalue weighted by Gasteiger charge is 2.70. The van der Waals surface area contributed by atoms with E-state index in [4.69, 9.17) is 4.74 Å². The first-order valence-corrected chi connectivity index (χ1v) is 22.1. The lowest BCUT2D eigenvalue weighted by Gasteiger charge is -2.72. The molecule has 1 saturated heterocycles. The molecule has 0 radical (unpaired) electrons. The molecule has 6 aliphatic carbocycles. The van der Waals surface area contributed by atoms with E-state index >= 15 is 0 Å². The van der Waals surface area contributed by atoms with Gasteiger partial charge in [0.2, 0.25) is 0 Å².